The summed E-state index contributed by atoms with van der Waals surface area (Å²) in [5.41, 5.74) is 2.70. The van der Waals surface area contributed by atoms with Gasteiger partial charge in [0.2, 0.25) is 0 Å². The number of ether oxygens (including phenoxy) is 2. The van der Waals surface area contributed by atoms with Gasteiger partial charge in [0.15, 0.2) is 0 Å². The predicted octanol–water partition coefficient (Wildman–Crippen LogP) is 3.38. The molecular weight excluding hydrogens is 304 g/mol. The minimum absolute atomic E-state index is 0.359. The lowest BCUT2D eigenvalue weighted by atomic mass is 10.1. The van der Waals surface area contributed by atoms with Crippen molar-refractivity contribution < 1.29 is 14.3 Å². The lowest BCUT2D eigenvalue weighted by Crippen LogP contribution is -2.11. The Bertz CT molecular complexity index is 750. The Morgan fingerprint density at radius 2 is 2.23 bits per heavy atom. The van der Waals surface area contributed by atoms with Crippen LogP contribution in [-0.2, 0) is 16.0 Å². The molecule has 3 rings (SSSR count). The number of halogens is 1. The Balaban J connectivity index is 2.28. The van der Waals surface area contributed by atoms with Crippen molar-refractivity contribution in [1.82, 2.24) is 9.55 Å². The first-order valence-corrected chi connectivity index (χ1v) is 7.20. The van der Waals surface area contributed by atoms with E-state index in [2.05, 4.69) is 4.98 Å². The van der Waals surface area contributed by atoms with Crippen LogP contribution in [0.2, 0.25) is 5.02 Å². The van der Waals surface area contributed by atoms with E-state index in [0.29, 0.717) is 22.8 Å². The highest BCUT2D eigenvalue weighted by Gasteiger charge is 2.29. The summed E-state index contributed by atoms with van der Waals surface area (Å²) in [6.07, 6.45) is 6.00. The number of carbonyl (C=O) groups is 1. The van der Waals surface area contributed by atoms with Crippen LogP contribution in [0.5, 0.6) is 0 Å². The second kappa shape index (κ2) is 5.85. The van der Waals surface area contributed by atoms with Crippen LogP contribution >= 0.6 is 11.6 Å². The predicted molar refractivity (Wildman–Crippen MR) is 83.6 cm³/mol. The van der Waals surface area contributed by atoms with Gasteiger partial charge >= 0.3 is 5.97 Å². The molecule has 0 saturated carbocycles. The quantitative estimate of drug-likeness (QED) is 0.814. The zero-order valence-electron chi connectivity index (χ0n) is 12.3. The number of rotatable bonds is 3. The maximum atomic E-state index is 12.1. The topological polar surface area (TPSA) is 53.3 Å². The first-order valence-electron chi connectivity index (χ1n) is 6.82. The summed E-state index contributed by atoms with van der Waals surface area (Å²) in [6.45, 7) is 0.677. The number of aromatic nitrogens is 2. The minimum atomic E-state index is -0.461. The highest BCUT2D eigenvalue weighted by atomic mass is 35.5. The van der Waals surface area contributed by atoms with Crippen molar-refractivity contribution in [3.63, 3.8) is 0 Å². The van der Waals surface area contributed by atoms with Gasteiger partial charge in [-0.2, -0.15) is 0 Å². The summed E-state index contributed by atoms with van der Waals surface area (Å²) in [7, 11) is 2.96. The fourth-order valence-corrected chi connectivity index (χ4v) is 3.06. The number of esters is 1. The smallest absolute Gasteiger partial charge is 0.341 e. The molecule has 0 bridgehead atoms. The van der Waals surface area contributed by atoms with Gasteiger partial charge in [0, 0.05) is 37.0 Å². The Kier molecular flexibility index (Phi) is 3.90. The second-order valence-electron chi connectivity index (χ2n) is 4.87. The summed E-state index contributed by atoms with van der Waals surface area (Å²) in [4.78, 5) is 16.3. The van der Waals surface area contributed by atoms with Crippen molar-refractivity contribution in [1.29, 1.82) is 0 Å². The van der Waals surface area contributed by atoms with Crippen LogP contribution in [0.1, 0.15) is 22.5 Å². The van der Waals surface area contributed by atoms with E-state index in [-0.39, 0.29) is 0 Å². The third-order valence-corrected chi connectivity index (χ3v) is 4.08. The number of fused-ring (bicyclic) bond motifs is 1. The van der Waals surface area contributed by atoms with Crippen LogP contribution in [0.15, 0.2) is 30.3 Å². The molecule has 2 aromatic rings. The van der Waals surface area contributed by atoms with Gasteiger partial charge in [0.05, 0.1) is 36.4 Å². The maximum Gasteiger partial charge on any atom is 0.341 e. The largest absolute Gasteiger partial charge is 0.501 e. The Hall–Kier alpha value is -2.27. The lowest BCUT2D eigenvalue weighted by molar-refractivity contribution is 0.0600. The number of pyridine rings is 1. The highest BCUT2D eigenvalue weighted by molar-refractivity contribution is 6.36. The standard InChI is InChI=1S/C16H15ClN2O3/c1-21-11-5-7-19-12(8-11)13(16(20)22-2)14(17)15(19)10-4-3-6-18-9-10/h3-4,6,8-9H,5,7H2,1-2H3. The number of allylic oxidation sites excluding steroid dienone is 1. The van der Waals surface area contributed by atoms with Crippen LogP contribution in [0, 0.1) is 0 Å². The Morgan fingerprint density at radius 3 is 2.86 bits per heavy atom. The molecule has 0 unspecified atom stereocenters. The molecule has 1 aliphatic rings. The molecule has 5 nitrogen and oxygen atoms in total. The van der Waals surface area contributed by atoms with E-state index in [9.17, 15) is 4.79 Å². The maximum absolute atomic E-state index is 12.1. The van der Waals surface area contributed by atoms with E-state index < -0.39 is 5.97 Å². The fourth-order valence-electron chi connectivity index (χ4n) is 2.68. The zero-order chi connectivity index (χ0) is 15.7. The van der Waals surface area contributed by atoms with Gasteiger partial charge in [-0.15, -0.1) is 0 Å². The van der Waals surface area contributed by atoms with Gasteiger partial charge in [-0.05, 0) is 12.1 Å². The van der Waals surface area contributed by atoms with Gasteiger partial charge < -0.3 is 14.0 Å². The molecule has 114 valence electrons. The molecule has 3 heterocycles. The molecule has 0 amide bonds. The number of hydrogen-bond donors (Lipinski definition) is 0. The summed E-state index contributed by atoms with van der Waals surface area (Å²) in [6, 6.07) is 3.75. The van der Waals surface area contributed by atoms with Gasteiger partial charge in [-0.3, -0.25) is 4.98 Å². The zero-order valence-corrected chi connectivity index (χ0v) is 13.1. The first kappa shape index (κ1) is 14.7. The van der Waals surface area contributed by atoms with E-state index in [0.717, 1.165) is 23.4 Å². The van der Waals surface area contributed by atoms with Crippen molar-refractivity contribution in [2.24, 2.45) is 0 Å². The molecule has 0 spiro atoms. The van der Waals surface area contributed by atoms with Crippen LogP contribution in [0.25, 0.3) is 17.3 Å². The van der Waals surface area contributed by atoms with Gasteiger partial charge in [-0.1, -0.05) is 11.6 Å². The Labute approximate surface area is 133 Å². The van der Waals surface area contributed by atoms with Crippen LogP contribution < -0.4 is 0 Å². The summed E-state index contributed by atoms with van der Waals surface area (Å²) in [5.74, 6) is 0.349. The molecule has 0 radical (unpaired) electrons. The third-order valence-electron chi connectivity index (χ3n) is 3.71. The molecule has 0 atom stereocenters. The average molecular weight is 319 g/mol. The van der Waals surface area contributed by atoms with Crippen molar-refractivity contribution in [3.8, 4) is 11.3 Å². The van der Waals surface area contributed by atoms with Gasteiger partial charge in [-0.25, -0.2) is 4.79 Å². The molecule has 0 saturated heterocycles. The van der Waals surface area contributed by atoms with Gasteiger partial charge in [0.1, 0.15) is 5.56 Å². The van der Waals surface area contributed by atoms with E-state index in [1.165, 1.54) is 7.11 Å². The molecule has 0 fully saturated rings. The van der Waals surface area contributed by atoms with E-state index in [4.69, 9.17) is 21.1 Å². The molecule has 6 heteroatoms. The van der Waals surface area contributed by atoms with Crippen molar-refractivity contribution in [2.45, 2.75) is 13.0 Å². The molecule has 0 aliphatic carbocycles. The second-order valence-corrected chi connectivity index (χ2v) is 5.25. The monoisotopic (exact) mass is 318 g/mol. The molecule has 22 heavy (non-hydrogen) atoms. The summed E-state index contributed by atoms with van der Waals surface area (Å²) < 4.78 is 12.2. The van der Waals surface area contributed by atoms with Crippen LogP contribution in [0.3, 0.4) is 0 Å². The number of nitrogens with zero attached hydrogens (tertiary/aromatic N) is 2. The summed E-state index contributed by atoms with van der Waals surface area (Å²) >= 11 is 6.50. The Morgan fingerprint density at radius 1 is 1.41 bits per heavy atom. The van der Waals surface area contributed by atoms with Crippen LogP contribution in [-0.4, -0.2) is 29.7 Å². The van der Waals surface area contributed by atoms with Crippen molar-refractivity contribution >= 4 is 23.6 Å². The lowest BCUT2D eigenvalue weighted by Gasteiger charge is -2.18. The van der Waals surface area contributed by atoms with Crippen molar-refractivity contribution in [3.05, 3.63) is 46.6 Å². The fraction of sp³-hybridized carbons (Fsp3) is 0.250. The number of hydrogen-bond acceptors (Lipinski definition) is 4. The third kappa shape index (κ3) is 2.27. The van der Waals surface area contributed by atoms with E-state index in [1.807, 2.05) is 22.8 Å². The first-order chi connectivity index (χ1) is 10.7. The highest BCUT2D eigenvalue weighted by Crippen LogP contribution is 2.39. The minimum Gasteiger partial charge on any atom is -0.501 e. The molecular formula is C16H15ClN2O3. The number of methoxy groups -OCH3 is 2. The average Bonchev–Trinajstić information content (AvgIpc) is 2.85. The van der Waals surface area contributed by atoms with Crippen LogP contribution in [0.4, 0.5) is 0 Å². The number of carbonyl (C=O) groups excluding carboxylic acids is 1. The van der Waals surface area contributed by atoms with Crippen molar-refractivity contribution in [2.75, 3.05) is 14.2 Å². The molecule has 1 aliphatic heterocycles. The molecule has 2 aromatic heterocycles. The van der Waals surface area contributed by atoms with E-state index in [1.54, 1.807) is 19.5 Å². The molecule has 0 aromatic carbocycles. The van der Waals surface area contributed by atoms with E-state index >= 15 is 0 Å². The SMILES string of the molecule is COC(=O)c1c(Cl)c(-c2cccnc2)n2c1C=C(OC)CC2. The normalized spacial score (nSPS) is 13.3. The summed E-state index contributed by atoms with van der Waals surface area (Å²) in [5, 5.41) is 0.378. The van der Waals surface area contributed by atoms with Gasteiger partial charge in [0.25, 0.3) is 0 Å². The molecule has 0 N–H and O–H groups in total.